The van der Waals surface area contributed by atoms with E-state index in [0.717, 1.165) is 5.56 Å². The number of nitrogens with one attached hydrogen (secondary N) is 1. The van der Waals surface area contributed by atoms with Crippen LogP contribution in [0.25, 0.3) is 0 Å². The van der Waals surface area contributed by atoms with Crippen LogP contribution in [0.5, 0.6) is 11.5 Å². The topological polar surface area (TPSA) is 136 Å². The predicted octanol–water partition coefficient (Wildman–Crippen LogP) is 1.27. The molecule has 0 aliphatic carbocycles. The number of nitrogens with two attached hydrogens (primary N) is 1. The zero-order valence-electron chi connectivity index (χ0n) is 14.1. The van der Waals surface area contributed by atoms with Crippen LogP contribution in [0.2, 0.25) is 0 Å². The number of hydrogen-bond acceptors (Lipinski definition) is 7. The van der Waals surface area contributed by atoms with Crippen LogP contribution in [0.15, 0.2) is 57.6 Å². The van der Waals surface area contributed by atoms with Gasteiger partial charge in [0.2, 0.25) is 0 Å². The van der Waals surface area contributed by atoms with E-state index in [4.69, 9.17) is 10.5 Å². The lowest BCUT2D eigenvalue weighted by Crippen LogP contribution is -2.28. The maximum Gasteiger partial charge on any atom is 0.358 e. The number of nitrogens with zero attached hydrogens (tertiary/aromatic N) is 2. The number of phenols is 1. The molecule has 10 heteroatoms. The molecule has 138 valence electrons. The van der Waals surface area contributed by atoms with E-state index < -0.39 is 10.1 Å². The monoisotopic (exact) mass is 378 g/mol. The van der Waals surface area contributed by atoms with E-state index in [9.17, 15) is 13.5 Å². The maximum atomic E-state index is 12.0. The SMILES string of the molecule is COc1ccc(C=NNC(N)=NOS(=O)(=O)c2ccc(C)cc2)c(O)c1. The number of aryl methyl sites for hydroxylation is 1. The Morgan fingerprint density at radius 3 is 2.54 bits per heavy atom. The smallest absolute Gasteiger partial charge is 0.358 e. The van der Waals surface area contributed by atoms with Crippen molar-refractivity contribution < 1.29 is 22.5 Å². The van der Waals surface area contributed by atoms with Crippen molar-refractivity contribution in [1.29, 1.82) is 0 Å². The molecular weight excluding hydrogens is 360 g/mol. The second-order valence-corrected chi connectivity index (χ2v) is 6.64. The van der Waals surface area contributed by atoms with Gasteiger partial charge >= 0.3 is 10.1 Å². The summed E-state index contributed by atoms with van der Waals surface area (Å²) in [5.41, 5.74) is 9.07. The van der Waals surface area contributed by atoms with E-state index in [2.05, 4.69) is 20.0 Å². The van der Waals surface area contributed by atoms with Gasteiger partial charge in [0.1, 0.15) is 16.4 Å². The Hall–Kier alpha value is -3.27. The molecule has 2 rings (SSSR count). The maximum absolute atomic E-state index is 12.0. The first-order chi connectivity index (χ1) is 12.3. The number of hydrazone groups is 1. The van der Waals surface area contributed by atoms with Crippen molar-refractivity contribution in [2.75, 3.05) is 7.11 Å². The van der Waals surface area contributed by atoms with Gasteiger partial charge in [0.15, 0.2) is 0 Å². The first-order valence-corrected chi connectivity index (χ1v) is 8.72. The van der Waals surface area contributed by atoms with Gasteiger partial charge in [-0.25, -0.2) is 5.43 Å². The first-order valence-electron chi connectivity index (χ1n) is 7.31. The largest absolute Gasteiger partial charge is 0.507 e. The Bertz CT molecular complexity index is 924. The van der Waals surface area contributed by atoms with Crippen molar-refractivity contribution >= 4 is 22.3 Å². The number of hydrogen-bond donors (Lipinski definition) is 3. The van der Waals surface area contributed by atoms with Gasteiger partial charge in [0.05, 0.1) is 13.3 Å². The van der Waals surface area contributed by atoms with Crippen LogP contribution in [0.4, 0.5) is 0 Å². The van der Waals surface area contributed by atoms with E-state index in [1.165, 1.54) is 31.5 Å². The van der Waals surface area contributed by atoms with Crippen molar-refractivity contribution in [3.8, 4) is 11.5 Å². The summed E-state index contributed by atoms with van der Waals surface area (Å²) in [6.45, 7) is 1.83. The lowest BCUT2D eigenvalue weighted by molar-refractivity contribution is 0.336. The fourth-order valence-corrected chi connectivity index (χ4v) is 2.52. The average molecular weight is 378 g/mol. The van der Waals surface area contributed by atoms with Crippen molar-refractivity contribution in [2.45, 2.75) is 11.8 Å². The summed E-state index contributed by atoms with van der Waals surface area (Å²) in [6, 6.07) is 10.7. The van der Waals surface area contributed by atoms with Gasteiger partial charge in [-0.1, -0.05) is 17.7 Å². The Kier molecular flexibility index (Phi) is 6.02. The predicted molar refractivity (Wildman–Crippen MR) is 96.5 cm³/mol. The summed E-state index contributed by atoms with van der Waals surface area (Å²) in [7, 11) is -2.60. The van der Waals surface area contributed by atoms with Crippen LogP contribution in [0.1, 0.15) is 11.1 Å². The third-order valence-electron chi connectivity index (χ3n) is 3.16. The average Bonchev–Trinajstić information content (AvgIpc) is 2.61. The van der Waals surface area contributed by atoms with Gasteiger partial charge < -0.3 is 15.6 Å². The highest BCUT2D eigenvalue weighted by molar-refractivity contribution is 7.86. The van der Waals surface area contributed by atoms with Crippen LogP contribution in [0, 0.1) is 6.92 Å². The zero-order valence-corrected chi connectivity index (χ0v) is 14.9. The molecule has 0 aliphatic heterocycles. The van der Waals surface area contributed by atoms with Crippen molar-refractivity contribution in [3.63, 3.8) is 0 Å². The molecule has 0 radical (unpaired) electrons. The molecule has 9 nitrogen and oxygen atoms in total. The molecule has 0 aromatic heterocycles. The fourth-order valence-electron chi connectivity index (χ4n) is 1.79. The highest BCUT2D eigenvalue weighted by Gasteiger charge is 2.15. The molecule has 0 amide bonds. The summed E-state index contributed by atoms with van der Waals surface area (Å²) in [4.78, 5) is -0.0497. The van der Waals surface area contributed by atoms with Gasteiger partial charge in [0, 0.05) is 11.6 Å². The van der Waals surface area contributed by atoms with E-state index >= 15 is 0 Å². The number of ether oxygens (including phenoxy) is 1. The summed E-state index contributed by atoms with van der Waals surface area (Å²) in [5.74, 6) is 0.0527. The molecule has 2 aromatic rings. The molecule has 0 bridgehead atoms. The van der Waals surface area contributed by atoms with Gasteiger partial charge in [-0.2, -0.15) is 13.5 Å². The minimum absolute atomic E-state index is 0.0497. The van der Waals surface area contributed by atoms with Crippen LogP contribution in [-0.4, -0.2) is 32.8 Å². The Balaban J connectivity index is 1.99. The van der Waals surface area contributed by atoms with Crippen LogP contribution in [0.3, 0.4) is 0 Å². The van der Waals surface area contributed by atoms with E-state index in [0.29, 0.717) is 11.3 Å². The van der Waals surface area contributed by atoms with E-state index in [1.807, 2.05) is 6.92 Å². The Morgan fingerprint density at radius 1 is 1.23 bits per heavy atom. The molecule has 0 fully saturated rings. The van der Waals surface area contributed by atoms with E-state index in [1.54, 1.807) is 24.3 Å². The molecule has 26 heavy (non-hydrogen) atoms. The molecule has 0 unspecified atom stereocenters. The van der Waals surface area contributed by atoms with Crippen LogP contribution in [-0.2, 0) is 14.4 Å². The van der Waals surface area contributed by atoms with Crippen LogP contribution < -0.4 is 15.9 Å². The summed E-state index contributed by atoms with van der Waals surface area (Å²) >= 11 is 0. The molecule has 0 heterocycles. The lowest BCUT2D eigenvalue weighted by atomic mass is 10.2. The van der Waals surface area contributed by atoms with Crippen LogP contribution >= 0.6 is 0 Å². The highest BCUT2D eigenvalue weighted by Crippen LogP contribution is 2.21. The number of phenolic OH excluding ortho intramolecular Hbond substituents is 1. The summed E-state index contributed by atoms with van der Waals surface area (Å²) in [6.07, 6.45) is 1.27. The third kappa shape index (κ3) is 5.11. The number of benzene rings is 2. The molecule has 4 N–H and O–H groups in total. The third-order valence-corrected chi connectivity index (χ3v) is 4.28. The molecule has 2 aromatic carbocycles. The number of guanidine groups is 1. The first kappa shape index (κ1) is 19.1. The number of methoxy groups -OCH3 is 1. The van der Waals surface area contributed by atoms with Crippen molar-refractivity contribution in [1.82, 2.24) is 5.43 Å². The standard InChI is InChI=1S/C16H18N4O5S/c1-11-3-7-14(8-4-11)26(22,23)25-20-16(17)19-18-10-12-5-6-13(24-2)9-15(12)21/h3-10,21H,1-2H3,(H3,17,19,20). The number of oxime groups is 1. The highest BCUT2D eigenvalue weighted by atomic mass is 32.2. The Morgan fingerprint density at radius 2 is 1.92 bits per heavy atom. The molecule has 0 saturated heterocycles. The quantitative estimate of drug-likeness (QED) is 0.391. The second-order valence-electron chi connectivity index (χ2n) is 5.11. The summed E-state index contributed by atoms with van der Waals surface area (Å²) < 4.78 is 33.4. The summed E-state index contributed by atoms with van der Waals surface area (Å²) in [5, 5.41) is 16.8. The number of aromatic hydroxyl groups is 1. The minimum Gasteiger partial charge on any atom is -0.507 e. The van der Waals surface area contributed by atoms with E-state index in [-0.39, 0.29) is 16.6 Å². The van der Waals surface area contributed by atoms with Crippen molar-refractivity contribution in [3.05, 3.63) is 53.6 Å². The Labute approximate surface area is 150 Å². The van der Waals surface area contributed by atoms with Crippen molar-refractivity contribution in [2.24, 2.45) is 16.0 Å². The van der Waals surface area contributed by atoms with Gasteiger partial charge in [-0.3, -0.25) is 4.28 Å². The van der Waals surface area contributed by atoms with Gasteiger partial charge in [-0.15, -0.1) is 0 Å². The van der Waals surface area contributed by atoms with Gasteiger partial charge in [0.25, 0.3) is 5.96 Å². The van der Waals surface area contributed by atoms with Gasteiger partial charge in [-0.05, 0) is 36.3 Å². The minimum atomic E-state index is -4.08. The number of rotatable bonds is 6. The molecule has 0 saturated carbocycles. The normalized spacial score (nSPS) is 12.2. The second kappa shape index (κ2) is 8.21. The molecule has 0 atom stereocenters. The molecular formula is C16H18N4O5S. The molecule has 0 spiro atoms. The lowest BCUT2D eigenvalue weighted by Gasteiger charge is -2.04. The zero-order chi connectivity index (χ0) is 19.2. The fraction of sp³-hybridized carbons (Fsp3) is 0.125. The molecule has 0 aliphatic rings.